The number of nitrogens with zero attached hydrogens (tertiary/aromatic N) is 1. The first-order valence-corrected chi connectivity index (χ1v) is 7.53. The summed E-state index contributed by atoms with van der Waals surface area (Å²) in [6, 6.07) is 4.09. The molecule has 1 aromatic rings. The molecule has 2 amide bonds. The molecule has 1 atom stereocenters. The van der Waals surface area contributed by atoms with Gasteiger partial charge in [-0.05, 0) is 44.4 Å². The lowest BCUT2D eigenvalue weighted by atomic mass is 9.94. The Morgan fingerprint density at radius 3 is 2.26 bits per heavy atom. The maximum absolute atomic E-state index is 12.5. The number of amides is 2. The third kappa shape index (κ3) is 4.60. The molecule has 1 aliphatic rings. The van der Waals surface area contributed by atoms with Crippen LogP contribution in [0, 0.1) is 0 Å². The van der Waals surface area contributed by atoms with Gasteiger partial charge >= 0.3 is 12.2 Å². The minimum atomic E-state index is -4.37. The van der Waals surface area contributed by atoms with Gasteiger partial charge in [0.05, 0.1) is 17.2 Å². The fourth-order valence-electron chi connectivity index (χ4n) is 2.51. The van der Waals surface area contributed by atoms with Crippen LogP contribution in [0.2, 0.25) is 0 Å². The zero-order chi connectivity index (χ0) is 17.3. The number of benzene rings is 1. The smallest absolute Gasteiger partial charge is 0.390 e. The highest BCUT2D eigenvalue weighted by molar-refractivity contribution is 5.74. The summed E-state index contributed by atoms with van der Waals surface area (Å²) >= 11 is 0. The number of hydrogen-bond donors (Lipinski definition) is 2. The van der Waals surface area contributed by atoms with Crippen LogP contribution in [-0.2, 0) is 6.18 Å². The van der Waals surface area contributed by atoms with Crippen molar-refractivity contribution in [3.63, 3.8) is 0 Å². The van der Waals surface area contributed by atoms with E-state index in [0.29, 0.717) is 31.5 Å². The molecular weight excluding hydrogens is 309 g/mol. The standard InChI is InChI=1S/C16H21F3N2O2/c1-11(12-3-5-13(6-4-12)16(17,18)19)20-14(22)21-9-7-15(2,23)8-10-21/h3-6,11,23H,7-10H2,1-2H3,(H,20,22)/t11-/m1/s1. The van der Waals surface area contributed by atoms with E-state index >= 15 is 0 Å². The predicted molar refractivity (Wildman–Crippen MR) is 79.8 cm³/mol. The Kier molecular flexibility index (Phi) is 4.89. The molecule has 1 heterocycles. The van der Waals surface area contributed by atoms with Crippen LogP contribution in [0.4, 0.5) is 18.0 Å². The number of rotatable bonds is 2. The number of hydrogen-bond acceptors (Lipinski definition) is 2. The van der Waals surface area contributed by atoms with Crippen molar-refractivity contribution in [1.82, 2.24) is 10.2 Å². The predicted octanol–water partition coefficient (Wildman–Crippen LogP) is 3.32. The average molecular weight is 330 g/mol. The Bertz CT molecular complexity index is 545. The minimum absolute atomic E-state index is 0.270. The second-order valence-corrected chi connectivity index (χ2v) is 6.27. The van der Waals surface area contributed by atoms with Gasteiger partial charge in [-0.15, -0.1) is 0 Å². The molecule has 4 nitrogen and oxygen atoms in total. The number of aliphatic hydroxyl groups is 1. The quantitative estimate of drug-likeness (QED) is 0.874. The molecule has 7 heteroatoms. The zero-order valence-electron chi connectivity index (χ0n) is 13.2. The highest BCUT2D eigenvalue weighted by Crippen LogP contribution is 2.30. The molecular formula is C16H21F3N2O2. The number of alkyl halides is 3. The third-order valence-corrected chi connectivity index (χ3v) is 4.21. The summed E-state index contributed by atoms with van der Waals surface area (Å²) in [6.07, 6.45) is -3.35. The maximum Gasteiger partial charge on any atom is 0.416 e. The van der Waals surface area contributed by atoms with Gasteiger partial charge in [-0.2, -0.15) is 13.2 Å². The largest absolute Gasteiger partial charge is 0.416 e. The van der Waals surface area contributed by atoms with Crippen LogP contribution < -0.4 is 5.32 Å². The van der Waals surface area contributed by atoms with Crippen molar-refractivity contribution in [2.45, 2.75) is 44.5 Å². The zero-order valence-corrected chi connectivity index (χ0v) is 13.2. The molecule has 0 aliphatic carbocycles. The second-order valence-electron chi connectivity index (χ2n) is 6.27. The number of carbonyl (C=O) groups excluding carboxylic acids is 1. The van der Waals surface area contributed by atoms with Gasteiger partial charge in [-0.3, -0.25) is 0 Å². The van der Waals surface area contributed by atoms with Gasteiger partial charge in [-0.25, -0.2) is 4.79 Å². The molecule has 1 aliphatic heterocycles. The molecule has 1 saturated heterocycles. The van der Waals surface area contributed by atoms with E-state index < -0.39 is 23.4 Å². The number of urea groups is 1. The lowest BCUT2D eigenvalue weighted by Gasteiger charge is -2.36. The number of likely N-dealkylation sites (tertiary alicyclic amines) is 1. The average Bonchev–Trinajstić information content (AvgIpc) is 2.46. The summed E-state index contributed by atoms with van der Waals surface area (Å²) < 4.78 is 37.6. The van der Waals surface area contributed by atoms with E-state index in [9.17, 15) is 23.1 Å². The van der Waals surface area contributed by atoms with Crippen LogP contribution in [0.3, 0.4) is 0 Å². The molecule has 23 heavy (non-hydrogen) atoms. The third-order valence-electron chi connectivity index (χ3n) is 4.21. The molecule has 1 fully saturated rings. The Balaban J connectivity index is 1.94. The van der Waals surface area contributed by atoms with E-state index in [1.807, 2.05) is 0 Å². The van der Waals surface area contributed by atoms with Crippen LogP contribution >= 0.6 is 0 Å². The number of carbonyl (C=O) groups is 1. The Morgan fingerprint density at radius 1 is 1.26 bits per heavy atom. The lowest BCUT2D eigenvalue weighted by Crippen LogP contribution is -2.49. The van der Waals surface area contributed by atoms with Crippen molar-refractivity contribution in [2.75, 3.05) is 13.1 Å². The van der Waals surface area contributed by atoms with Crippen molar-refractivity contribution >= 4 is 6.03 Å². The van der Waals surface area contributed by atoms with Gasteiger partial charge in [0.2, 0.25) is 0 Å². The fourth-order valence-corrected chi connectivity index (χ4v) is 2.51. The van der Waals surface area contributed by atoms with Crippen molar-refractivity contribution in [3.05, 3.63) is 35.4 Å². The van der Waals surface area contributed by atoms with Crippen molar-refractivity contribution in [2.24, 2.45) is 0 Å². The van der Waals surface area contributed by atoms with E-state index in [4.69, 9.17) is 0 Å². The summed E-state index contributed by atoms with van der Waals surface area (Å²) in [5, 5.41) is 12.7. The molecule has 0 spiro atoms. The van der Waals surface area contributed by atoms with Crippen LogP contribution in [0.15, 0.2) is 24.3 Å². The van der Waals surface area contributed by atoms with E-state index in [0.717, 1.165) is 12.1 Å². The highest BCUT2D eigenvalue weighted by Gasteiger charge is 2.31. The van der Waals surface area contributed by atoms with Crippen molar-refractivity contribution in [1.29, 1.82) is 0 Å². The summed E-state index contributed by atoms with van der Waals surface area (Å²) in [7, 11) is 0. The van der Waals surface area contributed by atoms with Crippen LogP contribution in [0.1, 0.15) is 43.9 Å². The molecule has 1 aromatic carbocycles. The van der Waals surface area contributed by atoms with Gasteiger partial charge in [-0.1, -0.05) is 12.1 Å². The van der Waals surface area contributed by atoms with Gasteiger partial charge in [0.25, 0.3) is 0 Å². The summed E-state index contributed by atoms with van der Waals surface area (Å²) in [4.78, 5) is 13.8. The van der Waals surface area contributed by atoms with Gasteiger partial charge in [0.15, 0.2) is 0 Å². The van der Waals surface area contributed by atoms with Crippen molar-refractivity contribution < 1.29 is 23.1 Å². The lowest BCUT2D eigenvalue weighted by molar-refractivity contribution is -0.137. The first-order valence-electron chi connectivity index (χ1n) is 7.53. The highest BCUT2D eigenvalue weighted by atomic mass is 19.4. The van der Waals surface area contributed by atoms with Gasteiger partial charge in [0, 0.05) is 13.1 Å². The van der Waals surface area contributed by atoms with E-state index in [2.05, 4.69) is 5.32 Å². The molecule has 0 bridgehead atoms. The van der Waals surface area contributed by atoms with E-state index in [1.165, 1.54) is 12.1 Å². The first kappa shape index (κ1) is 17.6. The van der Waals surface area contributed by atoms with Crippen molar-refractivity contribution in [3.8, 4) is 0 Å². The fraction of sp³-hybridized carbons (Fsp3) is 0.562. The van der Waals surface area contributed by atoms with E-state index in [1.54, 1.807) is 18.7 Å². The first-order chi connectivity index (χ1) is 10.6. The Hall–Kier alpha value is -1.76. The molecule has 2 rings (SSSR count). The Labute approximate surface area is 133 Å². The maximum atomic E-state index is 12.5. The molecule has 0 unspecified atom stereocenters. The normalized spacial score (nSPS) is 19.3. The van der Waals surface area contributed by atoms with Crippen LogP contribution in [0.5, 0.6) is 0 Å². The molecule has 0 radical (unpaired) electrons. The molecule has 0 saturated carbocycles. The van der Waals surface area contributed by atoms with Crippen LogP contribution in [-0.4, -0.2) is 34.7 Å². The van der Waals surface area contributed by atoms with Gasteiger partial charge < -0.3 is 15.3 Å². The topological polar surface area (TPSA) is 52.6 Å². The van der Waals surface area contributed by atoms with Gasteiger partial charge in [0.1, 0.15) is 0 Å². The molecule has 2 N–H and O–H groups in total. The summed E-state index contributed by atoms with van der Waals surface area (Å²) in [5.41, 5.74) is -0.844. The SMILES string of the molecule is C[C@@H](NC(=O)N1CCC(C)(O)CC1)c1ccc(C(F)(F)F)cc1. The molecule has 128 valence electrons. The number of nitrogens with one attached hydrogen (secondary N) is 1. The minimum Gasteiger partial charge on any atom is -0.390 e. The number of halogens is 3. The monoisotopic (exact) mass is 330 g/mol. The Morgan fingerprint density at radius 2 is 1.78 bits per heavy atom. The second kappa shape index (κ2) is 6.39. The number of piperidine rings is 1. The summed E-state index contributed by atoms with van der Waals surface area (Å²) in [5.74, 6) is 0. The van der Waals surface area contributed by atoms with E-state index in [-0.39, 0.29) is 6.03 Å². The summed E-state index contributed by atoms with van der Waals surface area (Å²) in [6.45, 7) is 4.38. The van der Waals surface area contributed by atoms with Crippen LogP contribution in [0.25, 0.3) is 0 Å². The molecule has 0 aromatic heterocycles.